The molecule has 0 radical (unpaired) electrons. The number of hydrogen-bond donors (Lipinski definition) is 2. The van der Waals surface area contributed by atoms with Crippen molar-refractivity contribution in [1.82, 2.24) is 15.1 Å². The highest BCUT2D eigenvalue weighted by atomic mass is 32.2. The predicted octanol–water partition coefficient (Wildman–Crippen LogP) is 6.97. The van der Waals surface area contributed by atoms with Gasteiger partial charge in [0, 0.05) is 48.0 Å². The summed E-state index contributed by atoms with van der Waals surface area (Å²) in [5, 5.41) is 12.2. The molecule has 0 atom stereocenters. The number of H-pyrrole nitrogens is 1. The summed E-state index contributed by atoms with van der Waals surface area (Å²) >= 11 is 2.01. The first-order chi connectivity index (χ1) is 18.8. The molecule has 1 aromatic heterocycles. The van der Waals surface area contributed by atoms with Crippen molar-refractivity contribution in [2.24, 2.45) is 0 Å². The predicted molar refractivity (Wildman–Crippen MR) is 163 cm³/mol. The van der Waals surface area contributed by atoms with E-state index in [1.807, 2.05) is 55.1 Å². The van der Waals surface area contributed by atoms with Crippen LogP contribution in [0.2, 0.25) is 0 Å². The smallest absolute Gasteiger partial charge is 0.332 e. The van der Waals surface area contributed by atoms with Gasteiger partial charge in [0.05, 0.1) is 17.6 Å². The number of nitrogens with one attached hydrogen (secondary N) is 2. The quantitative estimate of drug-likeness (QED) is 0.263. The molecule has 5 rings (SSSR count). The van der Waals surface area contributed by atoms with Gasteiger partial charge in [0.1, 0.15) is 18.2 Å². The van der Waals surface area contributed by atoms with Crippen molar-refractivity contribution in [1.29, 1.82) is 0 Å². The van der Waals surface area contributed by atoms with Gasteiger partial charge in [0.2, 0.25) is 0 Å². The molecule has 0 spiro atoms. The van der Waals surface area contributed by atoms with Gasteiger partial charge >= 0.3 is 6.03 Å². The number of urea groups is 1. The lowest BCUT2D eigenvalue weighted by molar-refractivity contribution is 0.224. The highest BCUT2D eigenvalue weighted by Gasteiger charge is 2.24. The molecule has 0 bridgehead atoms. The first kappa shape index (κ1) is 27.1. The van der Waals surface area contributed by atoms with Crippen LogP contribution in [0.5, 0.6) is 5.75 Å². The number of anilines is 3. The minimum Gasteiger partial charge on any atom is -0.492 e. The maximum atomic E-state index is 13.9. The number of fused-ring (bicyclic) bond motifs is 1. The topological polar surface area (TPSA) is 73.5 Å². The minimum atomic E-state index is -0.268. The number of aromatic nitrogens is 2. The maximum Gasteiger partial charge on any atom is 0.332 e. The number of rotatable bonds is 7. The fraction of sp³-hybridized carbons (Fsp3) is 0.355. The number of amides is 2. The van der Waals surface area contributed by atoms with Crippen LogP contribution in [0.4, 0.5) is 22.0 Å². The summed E-state index contributed by atoms with van der Waals surface area (Å²) in [5.74, 6) is 3.80. The SMILES string of the molecule is Cc1ccc(C(C)(C)C)cc1N(C(=O)Nc1ccc(OCCN2CCSCC2)c2ccccc12)c1ccn[nH]1. The second-order valence-corrected chi connectivity index (χ2v) is 12.1. The second kappa shape index (κ2) is 11.7. The fourth-order valence-electron chi connectivity index (χ4n) is 4.83. The largest absolute Gasteiger partial charge is 0.492 e. The Labute approximate surface area is 234 Å². The summed E-state index contributed by atoms with van der Waals surface area (Å²) in [7, 11) is 0. The van der Waals surface area contributed by atoms with Crippen LogP contribution in [0.1, 0.15) is 31.9 Å². The van der Waals surface area contributed by atoms with Crippen LogP contribution >= 0.6 is 11.8 Å². The summed E-state index contributed by atoms with van der Waals surface area (Å²) in [5.41, 5.74) is 3.62. The van der Waals surface area contributed by atoms with E-state index in [4.69, 9.17) is 4.74 Å². The zero-order valence-electron chi connectivity index (χ0n) is 23.2. The zero-order chi connectivity index (χ0) is 27.4. The third-order valence-corrected chi connectivity index (χ3v) is 8.08. The molecular formula is C31H37N5O2S. The van der Waals surface area contributed by atoms with Gasteiger partial charge in [-0.15, -0.1) is 0 Å². The van der Waals surface area contributed by atoms with Crippen LogP contribution in [-0.2, 0) is 5.41 Å². The maximum absolute atomic E-state index is 13.9. The number of aryl methyl sites for hydroxylation is 1. The first-order valence-electron chi connectivity index (χ1n) is 13.5. The van der Waals surface area contributed by atoms with E-state index >= 15 is 0 Å². The summed E-state index contributed by atoms with van der Waals surface area (Å²) in [4.78, 5) is 18.0. The molecule has 0 saturated carbocycles. The van der Waals surface area contributed by atoms with Gasteiger partial charge in [0.25, 0.3) is 0 Å². The Kier molecular flexibility index (Phi) is 8.14. The van der Waals surface area contributed by atoms with Crippen molar-refractivity contribution >= 4 is 45.8 Å². The van der Waals surface area contributed by atoms with Gasteiger partial charge in [-0.1, -0.05) is 57.2 Å². The van der Waals surface area contributed by atoms with Crippen molar-refractivity contribution in [3.8, 4) is 5.75 Å². The van der Waals surface area contributed by atoms with E-state index in [2.05, 4.69) is 59.4 Å². The molecule has 3 aromatic carbocycles. The van der Waals surface area contributed by atoms with E-state index in [0.29, 0.717) is 12.4 Å². The monoisotopic (exact) mass is 543 g/mol. The molecule has 4 aromatic rings. The van der Waals surface area contributed by atoms with E-state index in [-0.39, 0.29) is 11.4 Å². The first-order valence-corrected chi connectivity index (χ1v) is 14.6. The minimum absolute atomic E-state index is 0.0580. The van der Waals surface area contributed by atoms with Crippen LogP contribution in [0, 0.1) is 6.92 Å². The average molecular weight is 544 g/mol. The number of thioether (sulfide) groups is 1. The molecule has 7 nitrogen and oxygen atoms in total. The lowest BCUT2D eigenvalue weighted by atomic mass is 9.86. The highest BCUT2D eigenvalue weighted by Crippen LogP contribution is 2.35. The summed E-state index contributed by atoms with van der Waals surface area (Å²) in [6.45, 7) is 12.3. The fourth-order valence-corrected chi connectivity index (χ4v) is 5.80. The lowest BCUT2D eigenvalue weighted by Gasteiger charge is -2.27. The second-order valence-electron chi connectivity index (χ2n) is 10.9. The molecule has 0 aliphatic carbocycles. The molecule has 1 saturated heterocycles. The Balaban J connectivity index is 1.42. The van der Waals surface area contributed by atoms with Crippen LogP contribution < -0.4 is 15.0 Å². The lowest BCUT2D eigenvalue weighted by Crippen LogP contribution is -2.35. The molecule has 204 valence electrons. The van der Waals surface area contributed by atoms with Gasteiger partial charge in [-0.2, -0.15) is 16.9 Å². The summed E-state index contributed by atoms with van der Waals surface area (Å²) in [6.07, 6.45) is 1.66. The van der Waals surface area contributed by atoms with E-state index in [9.17, 15) is 4.79 Å². The molecule has 2 N–H and O–H groups in total. The van der Waals surface area contributed by atoms with Crippen molar-refractivity contribution < 1.29 is 9.53 Å². The van der Waals surface area contributed by atoms with E-state index in [0.717, 1.165) is 58.7 Å². The van der Waals surface area contributed by atoms with Crippen molar-refractivity contribution in [3.05, 3.63) is 78.0 Å². The molecule has 1 aliphatic rings. The average Bonchev–Trinajstić information content (AvgIpc) is 3.45. The number of carbonyl (C=O) groups is 1. The Morgan fingerprint density at radius 2 is 1.85 bits per heavy atom. The van der Waals surface area contributed by atoms with Gasteiger partial charge in [-0.25, -0.2) is 9.69 Å². The molecule has 2 heterocycles. The Bertz CT molecular complexity index is 1420. The van der Waals surface area contributed by atoms with E-state index < -0.39 is 0 Å². The van der Waals surface area contributed by atoms with Gasteiger partial charge in [-0.3, -0.25) is 10.00 Å². The Hall–Kier alpha value is -3.49. The molecule has 2 amide bonds. The van der Waals surface area contributed by atoms with Crippen molar-refractivity contribution in [3.63, 3.8) is 0 Å². The number of ether oxygens (including phenoxy) is 1. The molecule has 39 heavy (non-hydrogen) atoms. The van der Waals surface area contributed by atoms with Crippen LogP contribution in [0.3, 0.4) is 0 Å². The number of carbonyl (C=O) groups excluding carboxylic acids is 1. The number of aromatic amines is 1. The number of benzene rings is 3. The van der Waals surface area contributed by atoms with Gasteiger partial charge in [0.15, 0.2) is 0 Å². The normalized spacial score (nSPS) is 14.4. The van der Waals surface area contributed by atoms with E-state index in [1.54, 1.807) is 17.2 Å². The van der Waals surface area contributed by atoms with E-state index in [1.165, 1.54) is 11.5 Å². The number of hydrogen-bond acceptors (Lipinski definition) is 5. The van der Waals surface area contributed by atoms with Gasteiger partial charge < -0.3 is 10.1 Å². The summed E-state index contributed by atoms with van der Waals surface area (Å²) < 4.78 is 6.23. The van der Waals surface area contributed by atoms with Crippen LogP contribution in [0.25, 0.3) is 10.8 Å². The molecule has 8 heteroatoms. The Morgan fingerprint density at radius 3 is 2.56 bits per heavy atom. The number of nitrogens with zero attached hydrogens (tertiary/aromatic N) is 3. The van der Waals surface area contributed by atoms with Gasteiger partial charge in [-0.05, 0) is 41.7 Å². The zero-order valence-corrected chi connectivity index (χ0v) is 24.0. The van der Waals surface area contributed by atoms with Crippen LogP contribution in [-0.4, -0.2) is 58.9 Å². The molecule has 0 unspecified atom stereocenters. The Morgan fingerprint density at radius 1 is 1.08 bits per heavy atom. The third kappa shape index (κ3) is 6.23. The third-order valence-electron chi connectivity index (χ3n) is 7.14. The highest BCUT2D eigenvalue weighted by molar-refractivity contribution is 7.99. The molecule has 1 aliphatic heterocycles. The van der Waals surface area contributed by atoms with Crippen molar-refractivity contribution in [2.45, 2.75) is 33.1 Å². The van der Waals surface area contributed by atoms with Crippen LogP contribution in [0.15, 0.2) is 66.9 Å². The standard InChI is InChI=1S/C31H37N5O2S/c1-22-9-10-23(31(2,3)4)21-27(22)36(29-13-14-32-34-29)30(37)33-26-11-12-28(25-8-6-5-7-24(25)26)38-18-15-35-16-19-39-20-17-35/h5-14,21H,15-20H2,1-4H3,(H,32,34)(H,33,37). The molecular weight excluding hydrogens is 506 g/mol. The molecule has 1 fully saturated rings. The van der Waals surface area contributed by atoms with Crippen molar-refractivity contribution in [2.75, 3.05) is 48.0 Å². The summed E-state index contributed by atoms with van der Waals surface area (Å²) in [6, 6.07) is 19.7.